The molecule has 1 aliphatic heterocycles. The van der Waals surface area contributed by atoms with Crippen LogP contribution in [-0.4, -0.2) is 37.6 Å². The summed E-state index contributed by atoms with van der Waals surface area (Å²) >= 11 is 0. The third kappa shape index (κ3) is 3.29. The van der Waals surface area contributed by atoms with Gasteiger partial charge < -0.3 is 9.64 Å². The Morgan fingerprint density at radius 3 is 2.86 bits per heavy atom. The van der Waals surface area contributed by atoms with Crippen LogP contribution in [0, 0.1) is 5.92 Å². The Balaban J connectivity index is 2.37. The summed E-state index contributed by atoms with van der Waals surface area (Å²) in [6.45, 7) is 4.30. The van der Waals surface area contributed by atoms with Crippen LogP contribution in [0.25, 0.3) is 0 Å². The van der Waals surface area contributed by atoms with E-state index in [1.54, 1.807) is 7.11 Å². The fourth-order valence-corrected chi connectivity index (χ4v) is 2.04. The Labute approximate surface area is 86.4 Å². The first-order chi connectivity index (χ1) is 6.77. The summed E-state index contributed by atoms with van der Waals surface area (Å²) < 4.78 is 4.86. The highest BCUT2D eigenvalue weighted by Crippen LogP contribution is 2.20. The highest BCUT2D eigenvalue weighted by molar-refractivity contribution is 5.77. The Kier molecular flexibility index (Phi) is 4.94. The van der Waals surface area contributed by atoms with Crippen molar-refractivity contribution in [3.63, 3.8) is 0 Å². The van der Waals surface area contributed by atoms with Crippen molar-refractivity contribution in [3.8, 4) is 0 Å². The Morgan fingerprint density at radius 2 is 2.21 bits per heavy atom. The molecule has 3 nitrogen and oxygen atoms in total. The number of likely N-dealkylation sites (tertiary alicyclic amines) is 1. The van der Waals surface area contributed by atoms with Gasteiger partial charge in [-0.3, -0.25) is 4.79 Å². The van der Waals surface area contributed by atoms with Crippen molar-refractivity contribution in [2.24, 2.45) is 5.92 Å². The van der Waals surface area contributed by atoms with Crippen LogP contribution in [0.2, 0.25) is 0 Å². The van der Waals surface area contributed by atoms with Crippen LogP contribution in [0.5, 0.6) is 0 Å². The predicted octanol–water partition coefficient (Wildman–Crippen LogP) is 1.67. The zero-order chi connectivity index (χ0) is 10.4. The van der Waals surface area contributed by atoms with Crippen LogP contribution in [0.3, 0.4) is 0 Å². The van der Waals surface area contributed by atoms with E-state index in [0.29, 0.717) is 0 Å². The smallest absolute Gasteiger partial charge is 0.248 e. The zero-order valence-electron chi connectivity index (χ0n) is 9.29. The van der Waals surface area contributed by atoms with Crippen molar-refractivity contribution in [1.29, 1.82) is 0 Å². The molecule has 1 saturated heterocycles. The third-order valence-corrected chi connectivity index (χ3v) is 3.05. The Bertz CT molecular complexity index is 182. The summed E-state index contributed by atoms with van der Waals surface area (Å²) in [5.74, 6) is 0.958. The minimum atomic E-state index is 0.143. The lowest BCUT2D eigenvalue weighted by atomic mass is 9.98. The molecule has 1 rings (SSSR count). The molecule has 82 valence electrons. The van der Waals surface area contributed by atoms with Gasteiger partial charge in [-0.15, -0.1) is 0 Å². The van der Waals surface area contributed by atoms with Gasteiger partial charge in [0, 0.05) is 20.2 Å². The summed E-state index contributed by atoms with van der Waals surface area (Å²) in [4.78, 5) is 13.5. The quantitative estimate of drug-likeness (QED) is 0.692. The average Bonchev–Trinajstić information content (AvgIpc) is 2.42. The molecule has 3 heteroatoms. The first kappa shape index (κ1) is 11.5. The van der Waals surface area contributed by atoms with Crippen LogP contribution in [0.15, 0.2) is 0 Å². The Morgan fingerprint density at radius 1 is 1.43 bits per heavy atom. The fourth-order valence-electron chi connectivity index (χ4n) is 2.04. The van der Waals surface area contributed by atoms with Crippen molar-refractivity contribution in [3.05, 3.63) is 0 Å². The highest BCUT2D eigenvalue weighted by Gasteiger charge is 2.18. The lowest BCUT2D eigenvalue weighted by Gasteiger charge is -2.19. The first-order valence-electron chi connectivity index (χ1n) is 5.54. The minimum absolute atomic E-state index is 0.143. The van der Waals surface area contributed by atoms with Crippen molar-refractivity contribution in [2.75, 3.05) is 26.8 Å². The highest BCUT2D eigenvalue weighted by atomic mass is 16.5. The van der Waals surface area contributed by atoms with Crippen molar-refractivity contribution < 1.29 is 9.53 Å². The number of carbonyl (C=O) groups excluding carboxylic acids is 1. The lowest BCUT2D eigenvalue weighted by molar-refractivity contribution is -0.135. The topological polar surface area (TPSA) is 29.5 Å². The van der Waals surface area contributed by atoms with E-state index in [4.69, 9.17) is 4.74 Å². The molecule has 14 heavy (non-hydrogen) atoms. The van der Waals surface area contributed by atoms with Crippen molar-refractivity contribution in [2.45, 2.75) is 32.6 Å². The molecular formula is C11H21NO2. The van der Waals surface area contributed by atoms with Gasteiger partial charge in [-0.05, 0) is 25.2 Å². The van der Waals surface area contributed by atoms with Gasteiger partial charge >= 0.3 is 0 Å². The van der Waals surface area contributed by atoms with Crippen LogP contribution in [0.1, 0.15) is 32.6 Å². The molecule has 0 aliphatic carbocycles. The lowest BCUT2D eigenvalue weighted by Crippen LogP contribution is -2.34. The molecule has 0 aromatic carbocycles. The molecule has 0 bridgehead atoms. The molecular weight excluding hydrogens is 178 g/mol. The molecule has 0 saturated carbocycles. The molecule has 0 radical (unpaired) electrons. The number of hydrogen-bond donors (Lipinski definition) is 0. The summed E-state index contributed by atoms with van der Waals surface area (Å²) in [5.41, 5.74) is 0. The van der Waals surface area contributed by atoms with E-state index >= 15 is 0 Å². The minimum Gasteiger partial charge on any atom is -0.375 e. The van der Waals surface area contributed by atoms with Gasteiger partial charge in [-0.25, -0.2) is 0 Å². The fraction of sp³-hybridized carbons (Fsp3) is 0.909. The predicted molar refractivity (Wildman–Crippen MR) is 56.1 cm³/mol. The molecule has 0 spiro atoms. The number of rotatable bonds is 3. The van der Waals surface area contributed by atoms with E-state index < -0.39 is 0 Å². The second kappa shape index (κ2) is 6.02. The third-order valence-electron chi connectivity index (χ3n) is 3.05. The number of methoxy groups -OCH3 is 1. The molecule has 0 aromatic heterocycles. The standard InChI is InChI=1S/C11H21NO2/c1-3-10-5-4-7-12(8-6-10)11(13)9-14-2/h10H,3-9H2,1-2H3. The molecule has 1 amide bonds. The van der Waals surface area contributed by atoms with Gasteiger partial charge in [-0.2, -0.15) is 0 Å². The van der Waals surface area contributed by atoms with E-state index in [1.165, 1.54) is 12.8 Å². The molecule has 0 aromatic rings. The van der Waals surface area contributed by atoms with E-state index in [1.807, 2.05) is 4.90 Å². The van der Waals surface area contributed by atoms with E-state index in [2.05, 4.69) is 6.92 Å². The second-order valence-corrected chi connectivity index (χ2v) is 4.02. The number of carbonyl (C=O) groups is 1. The monoisotopic (exact) mass is 199 g/mol. The molecule has 0 N–H and O–H groups in total. The molecule has 1 fully saturated rings. The van der Waals surface area contributed by atoms with Gasteiger partial charge in [0.2, 0.25) is 5.91 Å². The summed E-state index contributed by atoms with van der Waals surface area (Å²) in [5, 5.41) is 0. The SMILES string of the molecule is CCC1CCCN(C(=O)COC)CC1. The van der Waals surface area contributed by atoms with Crippen LogP contribution in [0.4, 0.5) is 0 Å². The average molecular weight is 199 g/mol. The van der Waals surface area contributed by atoms with Gasteiger partial charge in [0.25, 0.3) is 0 Å². The van der Waals surface area contributed by atoms with Gasteiger partial charge in [-0.1, -0.05) is 13.3 Å². The van der Waals surface area contributed by atoms with Crippen molar-refractivity contribution >= 4 is 5.91 Å². The maximum absolute atomic E-state index is 11.5. The van der Waals surface area contributed by atoms with Gasteiger partial charge in [0.15, 0.2) is 0 Å². The van der Waals surface area contributed by atoms with E-state index in [0.717, 1.165) is 31.8 Å². The molecule has 1 atom stereocenters. The molecule has 1 heterocycles. The Hall–Kier alpha value is -0.570. The second-order valence-electron chi connectivity index (χ2n) is 4.02. The first-order valence-corrected chi connectivity index (χ1v) is 5.54. The number of hydrogen-bond acceptors (Lipinski definition) is 2. The largest absolute Gasteiger partial charge is 0.375 e. The number of amides is 1. The maximum Gasteiger partial charge on any atom is 0.248 e. The van der Waals surface area contributed by atoms with Crippen LogP contribution in [-0.2, 0) is 9.53 Å². The van der Waals surface area contributed by atoms with Crippen molar-refractivity contribution in [1.82, 2.24) is 4.90 Å². The van der Waals surface area contributed by atoms with Gasteiger partial charge in [0.05, 0.1) is 0 Å². The summed E-state index contributed by atoms with van der Waals surface area (Å²) in [6.07, 6.45) is 4.82. The normalized spacial score (nSPS) is 23.3. The summed E-state index contributed by atoms with van der Waals surface area (Å²) in [6, 6.07) is 0. The van der Waals surface area contributed by atoms with Crippen LogP contribution < -0.4 is 0 Å². The number of nitrogens with zero attached hydrogens (tertiary/aromatic N) is 1. The van der Waals surface area contributed by atoms with E-state index in [-0.39, 0.29) is 12.5 Å². The van der Waals surface area contributed by atoms with Crippen LogP contribution >= 0.6 is 0 Å². The van der Waals surface area contributed by atoms with Gasteiger partial charge in [0.1, 0.15) is 6.61 Å². The molecule has 1 aliphatic rings. The number of ether oxygens (including phenoxy) is 1. The summed E-state index contributed by atoms with van der Waals surface area (Å²) in [7, 11) is 1.57. The zero-order valence-corrected chi connectivity index (χ0v) is 9.29. The maximum atomic E-state index is 11.5. The van der Waals surface area contributed by atoms with E-state index in [9.17, 15) is 4.79 Å². The molecule has 1 unspecified atom stereocenters.